The van der Waals surface area contributed by atoms with Gasteiger partial charge in [0.05, 0.1) is 11.4 Å². The monoisotopic (exact) mass is 595 g/mol. The van der Waals surface area contributed by atoms with E-state index in [1.165, 1.54) is 31.3 Å². The number of anilines is 3. The van der Waals surface area contributed by atoms with E-state index in [1.54, 1.807) is 0 Å². The highest BCUT2D eigenvalue weighted by atomic mass is 79.9. The minimum atomic E-state index is 0.841. The largest absolute Gasteiger partial charge is 0.453 e. The molecule has 6 aromatic carbocycles. The fraction of sp³-hybridized carbons (Fsp3) is 0. The summed E-state index contributed by atoms with van der Waals surface area (Å²) >= 11 is 5.67. The van der Waals surface area contributed by atoms with Gasteiger partial charge in [0.2, 0.25) is 0 Å². The molecule has 0 unspecified atom stereocenters. The average Bonchev–Trinajstić information content (AvgIpc) is 3.38. The van der Waals surface area contributed by atoms with E-state index in [4.69, 9.17) is 4.74 Å². The molecule has 2 nitrogen and oxygen atoms in total. The lowest BCUT2D eigenvalue weighted by Crippen LogP contribution is -2.15. The predicted molar refractivity (Wildman–Crippen MR) is 173 cm³/mol. The van der Waals surface area contributed by atoms with Crippen LogP contribution >= 0.6 is 27.3 Å². The van der Waals surface area contributed by atoms with Crippen molar-refractivity contribution >= 4 is 64.5 Å². The number of benzene rings is 6. The SMILES string of the molecule is Brc1cc(-c2ccc3c(c2)Oc2ccccc2N3c2ccccc2)cc(-c2cccc3c2sc2ccccc23)c1. The first-order chi connectivity index (χ1) is 19.7. The van der Waals surface area contributed by atoms with Gasteiger partial charge in [-0.05, 0) is 82.9 Å². The zero-order valence-electron chi connectivity index (χ0n) is 21.3. The summed E-state index contributed by atoms with van der Waals surface area (Å²) in [6.45, 7) is 0. The van der Waals surface area contributed by atoms with Crippen molar-refractivity contribution in [3.63, 3.8) is 0 Å². The first kappa shape index (κ1) is 23.5. The van der Waals surface area contributed by atoms with Crippen LogP contribution in [0.4, 0.5) is 17.1 Å². The highest BCUT2D eigenvalue weighted by Crippen LogP contribution is 2.51. The van der Waals surface area contributed by atoms with Crippen LogP contribution in [0, 0.1) is 0 Å². The molecule has 0 bridgehead atoms. The second kappa shape index (κ2) is 9.37. The van der Waals surface area contributed by atoms with Gasteiger partial charge in [-0.2, -0.15) is 0 Å². The lowest BCUT2D eigenvalue weighted by Gasteiger charge is -2.33. The van der Waals surface area contributed by atoms with Crippen molar-refractivity contribution in [1.29, 1.82) is 0 Å². The van der Waals surface area contributed by atoms with E-state index >= 15 is 0 Å². The van der Waals surface area contributed by atoms with Crippen LogP contribution in [0.15, 0.2) is 138 Å². The fourth-order valence-corrected chi connectivity index (χ4v) is 7.41. The Morgan fingerprint density at radius 1 is 0.550 bits per heavy atom. The van der Waals surface area contributed by atoms with Crippen molar-refractivity contribution in [1.82, 2.24) is 0 Å². The van der Waals surface area contributed by atoms with E-state index in [9.17, 15) is 0 Å². The predicted octanol–water partition coefficient (Wildman–Crippen LogP) is 11.7. The molecule has 0 radical (unpaired) electrons. The Labute approximate surface area is 244 Å². The molecule has 7 aromatic rings. The molecular weight excluding hydrogens is 574 g/mol. The van der Waals surface area contributed by atoms with Crippen LogP contribution in [0.5, 0.6) is 11.5 Å². The molecule has 4 heteroatoms. The zero-order chi connectivity index (χ0) is 26.6. The molecule has 0 fully saturated rings. The number of thiophene rings is 1. The third kappa shape index (κ3) is 3.83. The molecule has 190 valence electrons. The molecular formula is C36H22BrNOS. The van der Waals surface area contributed by atoms with Gasteiger partial charge in [-0.15, -0.1) is 11.3 Å². The van der Waals surface area contributed by atoms with Crippen LogP contribution in [-0.2, 0) is 0 Å². The number of fused-ring (bicyclic) bond motifs is 5. The Morgan fingerprint density at radius 3 is 2.23 bits per heavy atom. The minimum Gasteiger partial charge on any atom is -0.453 e. The third-order valence-corrected chi connectivity index (χ3v) is 9.17. The maximum absolute atomic E-state index is 6.48. The summed E-state index contributed by atoms with van der Waals surface area (Å²) in [5.74, 6) is 1.69. The maximum atomic E-state index is 6.48. The van der Waals surface area contributed by atoms with Gasteiger partial charge in [0.25, 0.3) is 0 Å². The average molecular weight is 597 g/mol. The van der Waals surface area contributed by atoms with Crippen LogP contribution < -0.4 is 9.64 Å². The molecule has 0 atom stereocenters. The van der Waals surface area contributed by atoms with Crippen LogP contribution in [0.2, 0.25) is 0 Å². The van der Waals surface area contributed by atoms with Crippen LogP contribution in [-0.4, -0.2) is 0 Å². The number of hydrogen-bond acceptors (Lipinski definition) is 3. The number of halogens is 1. The molecule has 0 aliphatic carbocycles. The molecule has 1 aliphatic heterocycles. The minimum absolute atomic E-state index is 0.841. The molecule has 0 N–H and O–H groups in total. The van der Waals surface area contributed by atoms with Gasteiger partial charge in [-0.3, -0.25) is 0 Å². The van der Waals surface area contributed by atoms with E-state index in [0.29, 0.717) is 0 Å². The Bertz CT molecular complexity index is 2060. The lowest BCUT2D eigenvalue weighted by atomic mass is 9.97. The van der Waals surface area contributed by atoms with Crippen molar-refractivity contribution in [3.05, 3.63) is 138 Å². The van der Waals surface area contributed by atoms with E-state index in [0.717, 1.165) is 44.2 Å². The maximum Gasteiger partial charge on any atom is 0.152 e. The smallest absolute Gasteiger partial charge is 0.152 e. The Morgan fingerprint density at radius 2 is 1.30 bits per heavy atom. The van der Waals surface area contributed by atoms with Crippen molar-refractivity contribution in [2.75, 3.05) is 4.90 Å². The quantitative estimate of drug-likeness (QED) is 0.201. The molecule has 1 aromatic heterocycles. The third-order valence-electron chi connectivity index (χ3n) is 7.49. The highest BCUT2D eigenvalue weighted by Gasteiger charge is 2.26. The molecule has 8 rings (SSSR count). The van der Waals surface area contributed by atoms with Gasteiger partial charge in [0.1, 0.15) is 0 Å². The van der Waals surface area contributed by atoms with Crippen LogP contribution in [0.3, 0.4) is 0 Å². The zero-order valence-corrected chi connectivity index (χ0v) is 23.7. The lowest BCUT2D eigenvalue weighted by molar-refractivity contribution is 0.477. The summed E-state index contributed by atoms with van der Waals surface area (Å²) in [5.41, 5.74) is 7.86. The van der Waals surface area contributed by atoms with E-state index < -0.39 is 0 Å². The first-order valence-electron chi connectivity index (χ1n) is 13.2. The number of nitrogens with zero attached hydrogens (tertiary/aromatic N) is 1. The number of para-hydroxylation sites is 3. The second-order valence-electron chi connectivity index (χ2n) is 9.93. The standard InChI is InChI=1S/C36H22BrNOS/c37-26-20-24(19-25(21-26)28-12-8-13-30-29-11-4-7-16-35(29)40-36(28)30)23-17-18-32-34(22-23)39-33-15-6-5-14-31(33)38(32)27-9-2-1-3-10-27/h1-22H. The van der Waals surface area contributed by atoms with E-state index in [-0.39, 0.29) is 0 Å². The van der Waals surface area contributed by atoms with Gasteiger partial charge >= 0.3 is 0 Å². The molecule has 0 amide bonds. The van der Waals surface area contributed by atoms with Crippen molar-refractivity contribution < 1.29 is 4.74 Å². The van der Waals surface area contributed by atoms with Crippen molar-refractivity contribution in [3.8, 4) is 33.8 Å². The van der Waals surface area contributed by atoms with Crippen LogP contribution in [0.25, 0.3) is 42.4 Å². The van der Waals surface area contributed by atoms with Gasteiger partial charge in [-0.1, -0.05) is 88.7 Å². The summed E-state index contributed by atoms with van der Waals surface area (Å²) < 4.78 is 10.2. The van der Waals surface area contributed by atoms with E-state index in [2.05, 4.69) is 136 Å². The van der Waals surface area contributed by atoms with Gasteiger partial charge in [-0.25, -0.2) is 0 Å². The highest BCUT2D eigenvalue weighted by molar-refractivity contribution is 9.10. The van der Waals surface area contributed by atoms with Gasteiger partial charge in [0, 0.05) is 30.3 Å². The number of rotatable bonds is 3. The summed E-state index contributed by atoms with van der Waals surface area (Å²) in [4.78, 5) is 2.27. The van der Waals surface area contributed by atoms with Crippen molar-refractivity contribution in [2.45, 2.75) is 0 Å². The van der Waals surface area contributed by atoms with Crippen LogP contribution in [0.1, 0.15) is 0 Å². The summed E-state index contributed by atoms with van der Waals surface area (Å²) in [5, 5.41) is 2.62. The van der Waals surface area contributed by atoms with Gasteiger partial charge in [0.15, 0.2) is 11.5 Å². The number of ether oxygens (including phenoxy) is 1. The molecule has 0 saturated carbocycles. The summed E-state index contributed by atoms with van der Waals surface area (Å²) in [7, 11) is 0. The fourth-order valence-electron chi connectivity index (χ4n) is 5.68. The molecule has 0 spiro atoms. The molecule has 1 aliphatic rings. The summed E-state index contributed by atoms with van der Waals surface area (Å²) in [6.07, 6.45) is 0. The molecule has 0 saturated heterocycles. The van der Waals surface area contributed by atoms with Crippen molar-refractivity contribution in [2.24, 2.45) is 0 Å². The second-order valence-corrected chi connectivity index (χ2v) is 11.9. The van der Waals surface area contributed by atoms with Gasteiger partial charge < -0.3 is 9.64 Å². The Kier molecular flexibility index (Phi) is 5.51. The Hall–Kier alpha value is -4.38. The molecule has 40 heavy (non-hydrogen) atoms. The molecule has 2 heterocycles. The normalized spacial score (nSPS) is 12.3. The topological polar surface area (TPSA) is 12.5 Å². The van der Waals surface area contributed by atoms with E-state index in [1.807, 2.05) is 29.5 Å². The number of hydrogen-bond donors (Lipinski definition) is 0. The Balaban J connectivity index is 1.26. The summed E-state index contributed by atoms with van der Waals surface area (Å²) in [6, 6.07) is 47.2. The first-order valence-corrected chi connectivity index (χ1v) is 14.8.